The minimum absolute atomic E-state index is 0.0975. The van der Waals surface area contributed by atoms with E-state index in [4.69, 9.17) is 0 Å². The van der Waals surface area contributed by atoms with Crippen LogP contribution in [0.5, 0.6) is 0 Å². The number of halogens is 1. The van der Waals surface area contributed by atoms with Crippen molar-refractivity contribution < 1.29 is 19.1 Å². The van der Waals surface area contributed by atoms with Gasteiger partial charge in [0.25, 0.3) is 5.91 Å². The van der Waals surface area contributed by atoms with Gasteiger partial charge in [-0.05, 0) is 30.5 Å². The summed E-state index contributed by atoms with van der Waals surface area (Å²) in [6, 6.07) is 6.23. The van der Waals surface area contributed by atoms with Gasteiger partial charge in [-0.3, -0.25) is 9.59 Å². The first kappa shape index (κ1) is 17.5. The molecule has 1 N–H and O–H groups in total. The van der Waals surface area contributed by atoms with Gasteiger partial charge in [0, 0.05) is 39.4 Å². The van der Waals surface area contributed by atoms with Gasteiger partial charge in [0.2, 0.25) is 5.91 Å². The zero-order valence-corrected chi connectivity index (χ0v) is 14.2. The lowest BCUT2D eigenvalue weighted by molar-refractivity contribution is -0.131. The molecule has 2 amide bonds. The van der Waals surface area contributed by atoms with Gasteiger partial charge in [0.1, 0.15) is 11.5 Å². The van der Waals surface area contributed by atoms with Crippen LogP contribution in [0.4, 0.5) is 4.39 Å². The Kier molecular flexibility index (Phi) is 4.85. The van der Waals surface area contributed by atoms with E-state index in [1.807, 2.05) is 0 Å². The second kappa shape index (κ2) is 6.92. The molecule has 0 spiro atoms. The highest BCUT2D eigenvalue weighted by Crippen LogP contribution is 2.27. The van der Waals surface area contributed by atoms with E-state index < -0.39 is 5.60 Å². The molecular formula is C18H22FN3O3. The van der Waals surface area contributed by atoms with Gasteiger partial charge in [0.05, 0.1) is 5.60 Å². The fraction of sp³-hybridized carbons (Fsp3) is 0.500. The molecule has 0 bridgehead atoms. The summed E-state index contributed by atoms with van der Waals surface area (Å²) in [5, 5.41) is 16.0. The number of amides is 2. The standard InChI is InChI=1S/C18H22FN3O3/c1-21-16(23)6-5-15(20-21)17(24)22-9-7-18(25,8-10-22)12-13-3-2-4-14(19)11-13/h2-4,11,25H,5-10,12H2,1H3. The highest BCUT2D eigenvalue weighted by molar-refractivity contribution is 6.39. The Morgan fingerprint density at radius 3 is 2.68 bits per heavy atom. The van der Waals surface area contributed by atoms with Crippen molar-refractivity contribution in [2.45, 2.75) is 37.7 Å². The van der Waals surface area contributed by atoms with Crippen LogP contribution < -0.4 is 0 Å². The molecule has 0 aliphatic carbocycles. The first-order valence-corrected chi connectivity index (χ1v) is 8.46. The first-order valence-electron chi connectivity index (χ1n) is 8.46. The SMILES string of the molecule is CN1N=C(C(=O)N2CCC(O)(Cc3cccc(F)c3)CC2)CCC1=O. The lowest BCUT2D eigenvalue weighted by Crippen LogP contribution is -2.50. The molecule has 0 atom stereocenters. The highest BCUT2D eigenvalue weighted by atomic mass is 19.1. The summed E-state index contributed by atoms with van der Waals surface area (Å²) in [5.74, 6) is -0.588. The van der Waals surface area contributed by atoms with Crippen LogP contribution in [-0.4, -0.2) is 58.3 Å². The average molecular weight is 347 g/mol. The molecule has 1 aromatic rings. The summed E-state index contributed by atoms with van der Waals surface area (Å²) < 4.78 is 13.3. The molecule has 7 heteroatoms. The normalized spacial score (nSPS) is 20.4. The number of piperidine rings is 1. The number of carbonyl (C=O) groups is 2. The van der Waals surface area contributed by atoms with Crippen LogP contribution in [0, 0.1) is 5.82 Å². The number of carbonyl (C=O) groups excluding carboxylic acids is 2. The van der Waals surface area contributed by atoms with Crippen LogP contribution in [0.2, 0.25) is 0 Å². The third-order valence-corrected chi connectivity index (χ3v) is 4.86. The van der Waals surface area contributed by atoms with Crippen molar-refractivity contribution in [1.29, 1.82) is 0 Å². The Hall–Kier alpha value is -2.28. The number of rotatable bonds is 3. The van der Waals surface area contributed by atoms with Crippen LogP contribution in [0.3, 0.4) is 0 Å². The Balaban J connectivity index is 1.60. The maximum atomic E-state index is 13.3. The van der Waals surface area contributed by atoms with E-state index in [2.05, 4.69) is 5.10 Å². The number of hydrazone groups is 1. The lowest BCUT2D eigenvalue weighted by atomic mass is 9.85. The van der Waals surface area contributed by atoms with Crippen molar-refractivity contribution >= 4 is 17.5 Å². The number of nitrogens with zero attached hydrogens (tertiary/aromatic N) is 3. The quantitative estimate of drug-likeness (QED) is 0.896. The summed E-state index contributed by atoms with van der Waals surface area (Å²) in [6.45, 7) is 0.836. The second-order valence-corrected chi connectivity index (χ2v) is 6.79. The smallest absolute Gasteiger partial charge is 0.270 e. The van der Waals surface area contributed by atoms with Crippen molar-refractivity contribution in [3.63, 3.8) is 0 Å². The molecular weight excluding hydrogens is 325 g/mol. The molecule has 25 heavy (non-hydrogen) atoms. The number of hydrogen-bond donors (Lipinski definition) is 1. The molecule has 0 aromatic heterocycles. The molecule has 1 aromatic carbocycles. The topological polar surface area (TPSA) is 73.2 Å². The van der Waals surface area contributed by atoms with Gasteiger partial charge in [-0.1, -0.05) is 12.1 Å². The fourth-order valence-electron chi connectivity index (χ4n) is 3.34. The summed E-state index contributed by atoms with van der Waals surface area (Å²) >= 11 is 0. The van der Waals surface area contributed by atoms with Gasteiger partial charge < -0.3 is 10.0 Å². The zero-order valence-electron chi connectivity index (χ0n) is 14.2. The maximum Gasteiger partial charge on any atom is 0.270 e. The van der Waals surface area contributed by atoms with Crippen LogP contribution in [0.15, 0.2) is 29.4 Å². The summed E-state index contributed by atoms with van der Waals surface area (Å²) in [5.41, 5.74) is 0.197. The van der Waals surface area contributed by atoms with Crippen LogP contribution in [0.25, 0.3) is 0 Å². The minimum Gasteiger partial charge on any atom is -0.389 e. The summed E-state index contributed by atoms with van der Waals surface area (Å²) in [4.78, 5) is 25.7. The Morgan fingerprint density at radius 1 is 1.32 bits per heavy atom. The molecule has 0 radical (unpaired) electrons. The summed E-state index contributed by atoms with van der Waals surface area (Å²) in [6.07, 6.45) is 1.87. The fourth-order valence-corrected chi connectivity index (χ4v) is 3.34. The number of benzene rings is 1. The Morgan fingerprint density at radius 2 is 2.04 bits per heavy atom. The Labute approximate surface area is 145 Å². The van der Waals surface area contributed by atoms with Crippen molar-refractivity contribution in [3.8, 4) is 0 Å². The van der Waals surface area contributed by atoms with E-state index in [9.17, 15) is 19.1 Å². The van der Waals surface area contributed by atoms with Crippen LogP contribution in [-0.2, 0) is 16.0 Å². The molecule has 3 rings (SSSR count). The maximum absolute atomic E-state index is 13.3. The van der Waals surface area contributed by atoms with E-state index >= 15 is 0 Å². The van der Waals surface area contributed by atoms with Gasteiger partial charge in [-0.15, -0.1) is 0 Å². The number of hydrogen-bond acceptors (Lipinski definition) is 4. The second-order valence-electron chi connectivity index (χ2n) is 6.79. The van der Waals surface area contributed by atoms with E-state index in [0.29, 0.717) is 50.9 Å². The van der Waals surface area contributed by atoms with Crippen molar-refractivity contribution in [2.24, 2.45) is 5.10 Å². The molecule has 134 valence electrons. The van der Waals surface area contributed by atoms with Gasteiger partial charge >= 0.3 is 0 Å². The molecule has 6 nitrogen and oxygen atoms in total. The minimum atomic E-state index is -0.939. The van der Waals surface area contributed by atoms with Crippen molar-refractivity contribution in [1.82, 2.24) is 9.91 Å². The predicted molar refractivity (Wildman–Crippen MR) is 90.3 cm³/mol. The van der Waals surface area contributed by atoms with E-state index in [0.717, 1.165) is 5.56 Å². The van der Waals surface area contributed by atoms with Crippen molar-refractivity contribution in [3.05, 3.63) is 35.6 Å². The third-order valence-electron chi connectivity index (χ3n) is 4.86. The van der Waals surface area contributed by atoms with E-state index in [1.165, 1.54) is 17.1 Å². The van der Waals surface area contributed by atoms with Gasteiger partial charge in [-0.2, -0.15) is 5.10 Å². The number of aliphatic hydroxyl groups is 1. The molecule has 0 unspecified atom stereocenters. The zero-order chi connectivity index (χ0) is 18.0. The largest absolute Gasteiger partial charge is 0.389 e. The van der Waals surface area contributed by atoms with E-state index in [1.54, 1.807) is 24.1 Å². The van der Waals surface area contributed by atoms with Gasteiger partial charge in [0.15, 0.2) is 0 Å². The molecule has 2 aliphatic heterocycles. The number of likely N-dealkylation sites (tertiary alicyclic amines) is 1. The molecule has 1 saturated heterocycles. The Bertz CT molecular complexity index is 711. The first-order chi connectivity index (χ1) is 11.9. The highest BCUT2D eigenvalue weighted by Gasteiger charge is 2.35. The molecule has 2 heterocycles. The molecule has 2 aliphatic rings. The molecule has 0 saturated carbocycles. The predicted octanol–water partition coefficient (Wildman–Crippen LogP) is 1.33. The molecule has 1 fully saturated rings. The van der Waals surface area contributed by atoms with Crippen molar-refractivity contribution in [2.75, 3.05) is 20.1 Å². The van der Waals surface area contributed by atoms with Gasteiger partial charge in [-0.25, -0.2) is 9.40 Å². The van der Waals surface area contributed by atoms with Crippen LogP contribution >= 0.6 is 0 Å². The van der Waals surface area contributed by atoms with E-state index in [-0.39, 0.29) is 17.6 Å². The van der Waals surface area contributed by atoms with Crippen LogP contribution in [0.1, 0.15) is 31.2 Å². The average Bonchev–Trinajstić information content (AvgIpc) is 2.57. The third kappa shape index (κ3) is 4.04. The lowest BCUT2D eigenvalue weighted by Gasteiger charge is -2.38. The summed E-state index contributed by atoms with van der Waals surface area (Å²) in [7, 11) is 1.54. The monoisotopic (exact) mass is 347 g/mol.